The van der Waals surface area contributed by atoms with Crippen LogP contribution >= 0.6 is 0 Å². The van der Waals surface area contributed by atoms with Gasteiger partial charge in [0.2, 0.25) is 0 Å². The van der Waals surface area contributed by atoms with Crippen LogP contribution in [-0.4, -0.2) is 27.0 Å². The quantitative estimate of drug-likeness (QED) is 0.929. The number of hydrogen-bond acceptors (Lipinski definition) is 3. The third-order valence-electron chi connectivity index (χ3n) is 3.58. The van der Waals surface area contributed by atoms with E-state index in [1.165, 1.54) is 6.42 Å². The fourth-order valence-electron chi connectivity index (χ4n) is 2.25. The van der Waals surface area contributed by atoms with Gasteiger partial charge in [-0.25, -0.2) is 4.79 Å². The van der Waals surface area contributed by atoms with E-state index < -0.39 is 5.97 Å². The molecule has 0 atom stereocenters. The monoisotopic (exact) mass is 272 g/mol. The van der Waals surface area contributed by atoms with Gasteiger partial charge in [-0.2, -0.15) is 5.10 Å². The number of aromatic carboxylic acids is 1. The normalized spacial score (nSPS) is 14.8. The number of rotatable bonds is 4. The largest absolute Gasteiger partial charge is 0.490 e. The first-order valence-corrected chi connectivity index (χ1v) is 6.68. The number of aryl methyl sites for hydroxylation is 1. The number of carbonyl (C=O) groups is 1. The van der Waals surface area contributed by atoms with Crippen molar-refractivity contribution in [1.29, 1.82) is 0 Å². The van der Waals surface area contributed by atoms with Gasteiger partial charge in [0, 0.05) is 12.6 Å². The van der Waals surface area contributed by atoms with Crippen molar-refractivity contribution in [2.24, 2.45) is 7.05 Å². The third-order valence-corrected chi connectivity index (χ3v) is 3.58. The summed E-state index contributed by atoms with van der Waals surface area (Å²) in [4.78, 5) is 11.0. The molecule has 0 aliphatic heterocycles. The van der Waals surface area contributed by atoms with Crippen molar-refractivity contribution in [3.63, 3.8) is 0 Å². The van der Waals surface area contributed by atoms with E-state index in [4.69, 9.17) is 9.84 Å². The second-order valence-electron chi connectivity index (χ2n) is 5.04. The Kier molecular flexibility index (Phi) is 3.18. The summed E-state index contributed by atoms with van der Waals surface area (Å²) in [5.41, 5.74) is 1.72. The molecular weight excluding hydrogens is 256 g/mol. The fraction of sp³-hybridized carbons (Fsp3) is 0.333. The Labute approximate surface area is 116 Å². The molecule has 0 radical (unpaired) electrons. The third kappa shape index (κ3) is 2.39. The average molecular weight is 272 g/mol. The number of carboxylic acids is 1. The molecule has 1 fully saturated rings. The van der Waals surface area contributed by atoms with Gasteiger partial charge in [0.1, 0.15) is 5.75 Å². The van der Waals surface area contributed by atoms with Gasteiger partial charge < -0.3 is 9.84 Å². The Hall–Kier alpha value is -2.30. The zero-order chi connectivity index (χ0) is 14.1. The van der Waals surface area contributed by atoms with Crippen LogP contribution in [0.5, 0.6) is 5.75 Å². The molecule has 2 aromatic rings. The highest BCUT2D eigenvalue weighted by molar-refractivity contribution is 5.87. The number of nitrogens with zero attached hydrogens (tertiary/aromatic N) is 2. The van der Waals surface area contributed by atoms with Crippen LogP contribution in [0.3, 0.4) is 0 Å². The van der Waals surface area contributed by atoms with Crippen molar-refractivity contribution >= 4 is 5.97 Å². The number of carboxylic acid groups (broad SMARTS) is 1. The molecule has 0 saturated heterocycles. The van der Waals surface area contributed by atoms with Crippen LogP contribution < -0.4 is 4.74 Å². The summed E-state index contributed by atoms with van der Waals surface area (Å²) in [7, 11) is 1.74. The Morgan fingerprint density at radius 1 is 1.40 bits per heavy atom. The molecule has 0 bridgehead atoms. The summed E-state index contributed by atoms with van der Waals surface area (Å²) in [6.45, 7) is 0. The summed E-state index contributed by atoms with van der Waals surface area (Å²) >= 11 is 0. The molecule has 1 heterocycles. The summed E-state index contributed by atoms with van der Waals surface area (Å²) in [5, 5.41) is 13.0. The van der Waals surface area contributed by atoms with Gasteiger partial charge in [0.15, 0.2) is 5.69 Å². The maximum absolute atomic E-state index is 11.0. The van der Waals surface area contributed by atoms with Crippen LogP contribution in [0, 0.1) is 0 Å². The Morgan fingerprint density at radius 2 is 2.20 bits per heavy atom. The second kappa shape index (κ2) is 5.00. The minimum Gasteiger partial charge on any atom is -0.490 e. The standard InChI is InChI=1S/C15H16N2O3/c1-17-14(9-13(16-17)15(18)19)10-4-2-7-12(8-10)20-11-5-3-6-11/h2,4,7-9,11H,3,5-6H2,1H3,(H,18,19). The lowest BCUT2D eigenvalue weighted by atomic mass is 9.96. The van der Waals surface area contributed by atoms with Gasteiger partial charge in [0.05, 0.1) is 11.8 Å². The van der Waals surface area contributed by atoms with Gasteiger partial charge in [0.25, 0.3) is 0 Å². The molecule has 0 spiro atoms. The molecule has 1 aliphatic carbocycles. The molecule has 20 heavy (non-hydrogen) atoms. The van der Waals surface area contributed by atoms with Crippen LogP contribution in [0.2, 0.25) is 0 Å². The fourth-order valence-corrected chi connectivity index (χ4v) is 2.25. The zero-order valence-corrected chi connectivity index (χ0v) is 11.2. The summed E-state index contributed by atoms with van der Waals surface area (Å²) in [6, 6.07) is 9.27. The highest BCUT2D eigenvalue weighted by Crippen LogP contribution is 2.28. The molecule has 0 unspecified atom stereocenters. The Balaban J connectivity index is 1.89. The van der Waals surface area contributed by atoms with Crippen LogP contribution in [0.1, 0.15) is 29.8 Å². The van der Waals surface area contributed by atoms with Crippen molar-refractivity contribution < 1.29 is 14.6 Å². The Morgan fingerprint density at radius 3 is 2.80 bits per heavy atom. The van der Waals surface area contributed by atoms with Crippen molar-refractivity contribution in [2.75, 3.05) is 0 Å². The molecule has 1 aromatic heterocycles. The zero-order valence-electron chi connectivity index (χ0n) is 11.2. The summed E-state index contributed by atoms with van der Waals surface area (Å²) < 4.78 is 7.44. The van der Waals surface area contributed by atoms with Gasteiger partial charge in [-0.05, 0) is 37.5 Å². The molecule has 5 heteroatoms. The van der Waals surface area contributed by atoms with E-state index in [0.29, 0.717) is 6.10 Å². The second-order valence-corrected chi connectivity index (χ2v) is 5.04. The molecule has 1 aromatic carbocycles. The minimum absolute atomic E-state index is 0.0489. The predicted octanol–water partition coefficient (Wildman–Crippen LogP) is 2.72. The van der Waals surface area contributed by atoms with Crippen LogP contribution in [0.15, 0.2) is 30.3 Å². The van der Waals surface area contributed by atoms with Crippen molar-refractivity contribution in [3.8, 4) is 17.0 Å². The van der Waals surface area contributed by atoms with Crippen LogP contribution in [0.4, 0.5) is 0 Å². The van der Waals surface area contributed by atoms with Crippen molar-refractivity contribution in [1.82, 2.24) is 9.78 Å². The van der Waals surface area contributed by atoms with Gasteiger partial charge >= 0.3 is 5.97 Å². The lowest BCUT2D eigenvalue weighted by Crippen LogP contribution is -2.24. The molecule has 0 amide bonds. The minimum atomic E-state index is -1.02. The number of aromatic nitrogens is 2. The van der Waals surface area contributed by atoms with Crippen molar-refractivity contribution in [2.45, 2.75) is 25.4 Å². The van der Waals surface area contributed by atoms with E-state index in [1.54, 1.807) is 17.8 Å². The SMILES string of the molecule is Cn1nc(C(=O)O)cc1-c1cccc(OC2CCC2)c1. The topological polar surface area (TPSA) is 64.4 Å². The van der Waals surface area contributed by atoms with Gasteiger partial charge in [-0.1, -0.05) is 12.1 Å². The maximum atomic E-state index is 11.0. The van der Waals surface area contributed by atoms with E-state index in [9.17, 15) is 4.79 Å². The first-order chi connectivity index (χ1) is 9.63. The molecular formula is C15H16N2O3. The summed E-state index contributed by atoms with van der Waals surface area (Å²) in [5.74, 6) is -0.195. The lowest BCUT2D eigenvalue weighted by Gasteiger charge is -2.26. The highest BCUT2D eigenvalue weighted by atomic mass is 16.5. The number of benzene rings is 1. The lowest BCUT2D eigenvalue weighted by molar-refractivity contribution is 0.0689. The van der Waals surface area contributed by atoms with Crippen LogP contribution in [-0.2, 0) is 7.05 Å². The predicted molar refractivity (Wildman–Crippen MR) is 73.9 cm³/mol. The molecule has 1 aliphatic rings. The van der Waals surface area contributed by atoms with E-state index >= 15 is 0 Å². The first kappa shape index (κ1) is 12.7. The smallest absolute Gasteiger partial charge is 0.356 e. The van der Waals surface area contributed by atoms with Gasteiger partial charge in [-0.3, -0.25) is 4.68 Å². The van der Waals surface area contributed by atoms with E-state index in [0.717, 1.165) is 29.8 Å². The van der Waals surface area contributed by atoms with Crippen molar-refractivity contribution in [3.05, 3.63) is 36.0 Å². The molecule has 1 saturated carbocycles. The first-order valence-electron chi connectivity index (χ1n) is 6.68. The molecule has 5 nitrogen and oxygen atoms in total. The van der Waals surface area contributed by atoms with E-state index in [1.807, 2.05) is 24.3 Å². The molecule has 104 valence electrons. The number of hydrogen-bond donors (Lipinski definition) is 1. The van der Waals surface area contributed by atoms with Crippen LogP contribution in [0.25, 0.3) is 11.3 Å². The number of ether oxygens (including phenoxy) is 1. The highest BCUT2D eigenvalue weighted by Gasteiger charge is 2.19. The Bertz CT molecular complexity index is 644. The van der Waals surface area contributed by atoms with E-state index in [-0.39, 0.29) is 5.69 Å². The molecule has 1 N–H and O–H groups in total. The summed E-state index contributed by atoms with van der Waals surface area (Å²) in [6.07, 6.45) is 3.78. The van der Waals surface area contributed by atoms with E-state index in [2.05, 4.69) is 5.10 Å². The molecule has 3 rings (SSSR count). The average Bonchev–Trinajstić information content (AvgIpc) is 2.77. The maximum Gasteiger partial charge on any atom is 0.356 e. The van der Waals surface area contributed by atoms with Gasteiger partial charge in [-0.15, -0.1) is 0 Å².